The topological polar surface area (TPSA) is 38.5 Å². The Morgan fingerprint density at radius 1 is 1.47 bits per heavy atom. The lowest BCUT2D eigenvalue weighted by atomic mass is 9.83. The van der Waals surface area contributed by atoms with E-state index >= 15 is 0 Å². The molecule has 3 heteroatoms. The van der Waals surface area contributed by atoms with Crippen LogP contribution in [0, 0.1) is 5.92 Å². The molecule has 3 unspecified atom stereocenters. The van der Waals surface area contributed by atoms with Gasteiger partial charge in [0.1, 0.15) is 0 Å². The normalized spacial score (nSPS) is 31.8. The van der Waals surface area contributed by atoms with Crippen LogP contribution in [0.3, 0.4) is 0 Å². The maximum absolute atomic E-state index is 6.08. The van der Waals surface area contributed by atoms with Crippen molar-refractivity contribution in [1.82, 2.24) is 4.90 Å². The van der Waals surface area contributed by atoms with Crippen molar-refractivity contribution < 1.29 is 4.74 Å². The Morgan fingerprint density at radius 3 is 2.71 bits per heavy atom. The Morgan fingerprint density at radius 2 is 2.18 bits per heavy atom. The smallest absolute Gasteiger partial charge is 0.0590 e. The molecule has 1 fully saturated rings. The van der Waals surface area contributed by atoms with Gasteiger partial charge in [-0.25, -0.2) is 0 Å². The second kappa shape index (κ2) is 6.72. The molecule has 0 aromatic carbocycles. The highest BCUT2D eigenvalue weighted by Crippen LogP contribution is 2.31. The third-order valence-electron chi connectivity index (χ3n) is 4.46. The van der Waals surface area contributed by atoms with Crippen molar-refractivity contribution in [2.75, 3.05) is 26.7 Å². The fourth-order valence-corrected chi connectivity index (χ4v) is 2.74. The van der Waals surface area contributed by atoms with Crippen LogP contribution >= 0.6 is 0 Å². The molecule has 0 aromatic heterocycles. The highest BCUT2D eigenvalue weighted by molar-refractivity contribution is 4.95. The average molecular weight is 242 g/mol. The molecule has 2 N–H and O–H groups in total. The molecule has 0 bridgehead atoms. The zero-order chi connectivity index (χ0) is 12.9. The number of rotatable bonds is 6. The molecule has 0 aromatic rings. The van der Waals surface area contributed by atoms with Gasteiger partial charge in [-0.1, -0.05) is 27.2 Å². The van der Waals surface area contributed by atoms with E-state index in [1.165, 1.54) is 6.42 Å². The molecule has 1 rings (SSSR count). The summed E-state index contributed by atoms with van der Waals surface area (Å²) in [6, 6.07) is 0. The van der Waals surface area contributed by atoms with E-state index in [9.17, 15) is 0 Å². The summed E-state index contributed by atoms with van der Waals surface area (Å²) >= 11 is 0. The summed E-state index contributed by atoms with van der Waals surface area (Å²) < 4.78 is 5.78. The van der Waals surface area contributed by atoms with Gasteiger partial charge in [-0.15, -0.1) is 0 Å². The van der Waals surface area contributed by atoms with Gasteiger partial charge in [-0.3, -0.25) is 4.90 Å². The van der Waals surface area contributed by atoms with Crippen LogP contribution in [-0.2, 0) is 4.74 Å². The molecule has 1 saturated heterocycles. The number of ether oxygens (including phenoxy) is 1. The van der Waals surface area contributed by atoms with Crippen LogP contribution in [0.4, 0.5) is 0 Å². The Hall–Kier alpha value is -0.120. The zero-order valence-electron chi connectivity index (χ0n) is 12.0. The van der Waals surface area contributed by atoms with E-state index in [2.05, 4.69) is 32.7 Å². The zero-order valence-corrected chi connectivity index (χ0v) is 12.0. The summed E-state index contributed by atoms with van der Waals surface area (Å²) in [4.78, 5) is 2.49. The summed E-state index contributed by atoms with van der Waals surface area (Å²) in [5.74, 6) is 0.742. The number of nitrogens with two attached hydrogens (primary N) is 1. The molecule has 102 valence electrons. The number of nitrogens with zero attached hydrogens (tertiary/aromatic N) is 1. The van der Waals surface area contributed by atoms with Gasteiger partial charge < -0.3 is 10.5 Å². The van der Waals surface area contributed by atoms with E-state index in [1.807, 2.05) is 0 Å². The van der Waals surface area contributed by atoms with Crippen molar-refractivity contribution in [2.45, 2.75) is 58.1 Å². The van der Waals surface area contributed by atoms with Gasteiger partial charge in [0.25, 0.3) is 0 Å². The van der Waals surface area contributed by atoms with Crippen LogP contribution in [0.25, 0.3) is 0 Å². The molecule has 0 spiro atoms. The maximum Gasteiger partial charge on any atom is 0.0590 e. The van der Waals surface area contributed by atoms with Crippen LogP contribution in [0.15, 0.2) is 0 Å². The molecule has 1 heterocycles. The van der Waals surface area contributed by atoms with Gasteiger partial charge in [0.15, 0.2) is 0 Å². The van der Waals surface area contributed by atoms with E-state index in [-0.39, 0.29) is 5.54 Å². The molecular weight excluding hydrogens is 212 g/mol. The molecule has 0 amide bonds. The van der Waals surface area contributed by atoms with Crippen LogP contribution in [0.2, 0.25) is 0 Å². The van der Waals surface area contributed by atoms with Crippen molar-refractivity contribution in [3.8, 4) is 0 Å². The minimum absolute atomic E-state index is 0.169. The minimum atomic E-state index is 0.169. The molecule has 3 nitrogen and oxygen atoms in total. The lowest BCUT2D eigenvalue weighted by Gasteiger charge is -2.47. The predicted octanol–water partition coefficient (Wildman–Crippen LogP) is 2.25. The number of likely N-dealkylation sites (N-methyl/N-ethyl adjacent to an activating group) is 1. The average Bonchev–Trinajstić information content (AvgIpc) is 2.38. The molecule has 1 aliphatic rings. The van der Waals surface area contributed by atoms with Gasteiger partial charge in [0.2, 0.25) is 0 Å². The Bertz CT molecular complexity index is 222. The van der Waals surface area contributed by atoms with Crippen LogP contribution in [0.5, 0.6) is 0 Å². The van der Waals surface area contributed by atoms with Gasteiger partial charge in [-0.2, -0.15) is 0 Å². The van der Waals surface area contributed by atoms with Gasteiger partial charge in [0, 0.05) is 25.2 Å². The SMILES string of the molecule is CCC(C)CN(C)C1(CN)CCOC(CC)C1. The second-order valence-corrected chi connectivity index (χ2v) is 5.68. The van der Waals surface area contributed by atoms with Gasteiger partial charge in [-0.05, 0) is 32.2 Å². The summed E-state index contributed by atoms with van der Waals surface area (Å²) in [5, 5.41) is 0. The lowest BCUT2D eigenvalue weighted by molar-refractivity contribution is -0.0676. The third-order valence-corrected chi connectivity index (χ3v) is 4.46. The summed E-state index contributed by atoms with van der Waals surface area (Å²) in [6.45, 7) is 9.53. The Kier molecular flexibility index (Phi) is 5.90. The van der Waals surface area contributed by atoms with Crippen LogP contribution in [0.1, 0.15) is 46.5 Å². The number of hydrogen-bond donors (Lipinski definition) is 1. The van der Waals surface area contributed by atoms with E-state index < -0.39 is 0 Å². The summed E-state index contributed by atoms with van der Waals surface area (Å²) in [6.07, 6.45) is 4.89. The van der Waals surface area contributed by atoms with Crippen molar-refractivity contribution in [1.29, 1.82) is 0 Å². The second-order valence-electron chi connectivity index (χ2n) is 5.68. The predicted molar refractivity (Wildman–Crippen MR) is 73.1 cm³/mol. The monoisotopic (exact) mass is 242 g/mol. The molecule has 17 heavy (non-hydrogen) atoms. The highest BCUT2D eigenvalue weighted by atomic mass is 16.5. The Labute approximate surface area is 107 Å². The largest absolute Gasteiger partial charge is 0.378 e. The fourth-order valence-electron chi connectivity index (χ4n) is 2.74. The first kappa shape index (κ1) is 14.9. The van der Waals surface area contributed by atoms with Gasteiger partial charge in [0.05, 0.1) is 6.10 Å². The molecule has 0 aliphatic carbocycles. The molecule has 0 saturated carbocycles. The van der Waals surface area contributed by atoms with Crippen molar-refractivity contribution >= 4 is 0 Å². The van der Waals surface area contributed by atoms with E-state index in [0.29, 0.717) is 6.10 Å². The van der Waals surface area contributed by atoms with E-state index in [0.717, 1.165) is 44.9 Å². The first-order valence-electron chi connectivity index (χ1n) is 7.10. The van der Waals surface area contributed by atoms with Crippen molar-refractivity contribution in [3.05, 3.63) is 0 Å². The third kappa shape index (κ3) is 3.67. The molecule has 0 radical (unpaired) electrons. The minimum Gasteiger partial charge on any atom is -0.378 e. The van der Waals surface area contributed by atoms with Crippen LogP contribution in [-0.4, -0.2) is 43.3 Å². The fraction of sp³-hybridized carbons (Fsp3) is 1.00. The van der Waals surface area contributed by atoms with E-state index in [4.69, 9.17) is 10.5 Å². The summed E-state index contributed by atoms with van der Waals surface area (Å²) in [7, 11) is 2.23. The highest BCUT2D eigenvalue weighted by Gasteiger charge is 2.38. The number of hydrogen-bond acceptors (Lipinski definition) is 3. The van der Waals surface area contributed by atoms with Crippen LogP contribution < -0.4 is 5.73 Å². The molecule has 3 atom stereocenters. The van der Waals surface area contributed by atoms with Crippen molar-refractivity contribution in [2.24, 2.45) is 11.7 Å². The van der Waals surface area contributed by atoms with E-state index in [1.54, 1.807) is 0 Å². The first-order valence-corrected chi connectivity index (χ1v) is 7.10. The van der Waals surface area contributed by atoms with Gasteiger partial charge >= 0.3 is 0 Å². The first-order chi connectivity index (χ1) is 8.07. The standard InChI is InChI=1S/C14H30N2O/c1-5-12(3)10-16(4)14(11-15)7-8-17-13(6-2)9-14/h12-13H,5-11,15H2,1-4H3. The molecule has 1 aliphatic heterocycles. The lowest BCUT2D eigenvalue weighted by Crippen LogP contribution is -2.57. The summed E-state index contributed by atoms with van der Waals surface area (Å²) in [5.41, 5.74) is 6.25. The maximum atomic E-state index is 6.08. The van der Waals surface area contributed by atoms with Crippen molar-refractivity contribution in [3.63, 3.8) is 0 Å². The molecular formula is C14H30N2O. The quantitative estimate of drug-likeness (QED) is 0.776. The Balaban J connectivity index is 2.65.